The predicted octanol–water partition coefficient (Wildman–Crippen LogP) is 6.29. The SMILES string of the molecule is CCC/C(=C\c1cccc(O)c1)CC[C@H]1OC[C@H]2C1=C(CC)C[C@H]1C(=O)N(c3ccccc3)C(=O)[C@H]12. The molecular formula is C31H35NO4. The van der Waals surface area contributed by atoms with Crippen molar-refractivity contribution in [2.45, 2.75) is 58.5 Å². The number of ether oxygens (including phenoxy) is 1. The van der Waals surface area contributed by atoms with Gasteiger partial charge in [-0.25, -0.2) is 0 Å². The highest BCUT2D eigenvalue weighted by Crippen LogP contribution is 2.51. The maximum atomic E-state index is 13.6. The van der Waals surface area contributed by atoms with Crippen molar-refractivity contribution in [3.05, 3.63) is 76.9 Å². The summed E-state index contributed by atoms with van der Waals surface area (Å²) in [4.78, 5) is 28.4. The Hall–Kier alpha value is -3.18. The van der Waals surface area contributed by atoms with Crippen LogP contribution in [0.25, 0.3) is 6.08 Å². The van der Waals surface area contributed by atoms with Crippen LogP contribution in [0.15, 0.2) is 71.3 Å². The Kier molecular flexibility index (Phi) is 7.10. The number of benzene rings is 2. The third-order valence-corrected chi connectivity index (χ3v) is 7.99. The Morgan fingerprint density at radius 1 is 1.03 bits per heavy atom. The van der Waals surface area contributed by atoms with Gasteiger partial charge >= 0.3 is 0 Å². The number of phenols is 1. The van der Waals surface area contributed by atoms with E-state index >= 15 is 0 Å². The molecule has 0 unspecified atom stereocenters. The first kappa shape index (κ1) is 24.5. The highest BCUT2D eigenvalue weighted by molar-refractivity contribution is 6.22. The lowest BCUT2D eigenvalue weighted by atomic mass is 9.69. The largest absolute Gasteiger partial charge is 0.508 e. The van der Waals surface area contributed by atoms with E-state index in [1.165, 1.54) is 21.6 Å². The van der Waals surface area contributed by atoms with Gasteiger partial charge in [0.05, 0.1) is 30.2 Å². The number of anilines is 1. The fourth-order valence-corrected chi connectivity index (χ4v) is 6.40. The van der Waals surface area contributed by atoms with Crippen molar-refractivity contribution in [3.8, 4) is 5.75 Å². The lowest BCUT2D eigenvalue weighted by Crippen LogP contribution is -2.34. The van der Waals surface area contributed by atoms with E-state index in [2.05, 4.69) is 19.9 Å². The Labute approximate surface area is 213 Å². The van der Waals surface area contributed by atoms with Gasteiger partial charge in [-0.2, -0.15) is 0 Å². The highest BCUT2D eigenvalue weighted by atomic mass is 16.5. The number of hydrogen-bond acceptors (Lipinski definition) is 4. The second kappa shape index (κ2) is 10.4. The fourth-order valence-electron chi connectivity index (χ4n) is 6.40. The maximum absolute atomic E-state index is 13.6. The van der Waals surface area contributed by atoms with Crippen LogP contribution in [0.1, 0.15) is 57.9 Å². The molecule has 2 fully saturated rings. The van der Waals surface area contributed by atoms with E-state index in [4.69, 9.17) is 4.74 Å². The third kappa shape index (κ3) is 4.53. The van der Waals surface area contributed by atoms with E-state index in [0.29, 0.717) is 18.7 Å². The van der Waals surface area contributed by atoms with Crippen LogP contribution in [-0.4, -0.2) is 29.6 Å². The lowest BCUT2D eigenvalue weighted by molar-refractivity contribution is -0.122. The Bertz CT molecular complexity index is 1200. The summed E-state index contributed by atoms with van der Waals surface area (Å²) in [6.07, 6.45) is 7.51. The highest BCUT2D eigenvalue weighted by Gasteiger charge is 2.57. The minimum atomic E-state index is -0.328. The topological polar surface area (TPSA) is 66.8 Å². The molecule has 2 aromatic rings. The number of carbonyl (C=O) groups excluding carboxylic acids is 2. The Balaban J connectivity index is 1.37. The number of aromatic hydroxyl groups is 1. The number of fused-ring (bicyclic) bond motifs is 3. The molecule has 2 aliphatic heterocycles. The monoisotopic (exact) mass is 485 g/mol. The zero-order valence-corrected chi connectivity index (χ0v) is 21.2. The molecule has 4 atom stereocenters. The number of nitrogens with zero attached hydrogens (tertiary/aromatic N) is 1. The van der Waals surface area contributed by atoms with E-state index in [1.54, 1.807) is 12.1 Å². The van der Waals surface area contributed by atoms with Crippen LogP contribution < -0.4 is 4.90 Å². The molecule has 0 radical (unpaired) electrons. The average Bonchev–Trinajstić information content (AvgIpc) is 3.41. The molecule has 2 aromatic carbocycles. The van der Waals surface area contributed by atoms with Crippen molar-refractivity contribution < 1.29 is 19.4 Å². The summed E-state index contributed by atoms with van der Waals surface area (Å²) < 4.78 is 6.36. The number of amides is 2. The van der Waals surface area contributed by atoms with Crippen LogP contribution in [0.3, 0.4) is 0 Å². The van der Waals surface area contributed by atoms with Gasteiger partial charge in [0.25, 0.3) is 0 Å². The second-order valence-electron chi connectivity index (χ2n) is 10.2. The second-order valence-corrected chi connectivity index (χ2v) is 10.2. The molecule has 0 saturated carbocycles. The standard InChI is InChI=1S/C31H35NO4/c1-3-9-20(16-21-10-8-13-24(33)17-21)14-15-27-28-22(4-2)18-25-29(26(28)19-36-27)31(35)32(30(25)34)23-11-6-5-7-12-23/h5-8,10-13,16-17,25-27,29,33H,3-4,9,14-15,18-19H2,1-2H3/b20-16+/t25-,26+,27-,29-/m1/s1. The number of rotatable bonds is 8. The molecule has 0 spiro atoms. The molecule has 0 bridgehead atoms. The number of carbonyl (C=O) groups is 2. The quantitative estimate of drug-likeness (QED) is 0.353. The first-order valence-electron chi connectivity index (χ1n) is 13.3. The summed E-state index contributed by atoms with van der Waals surface area (Å²) >= 11 is 0. The molecule has 2 saturated heterocycles. The average molecular weight is 486 g/mol. The van der Waals surface area contributed by atoms with E-state index in [1.807, 2.05) is 42.5 Å². The van der Waals surface area contributed by atoms with Crippen molar-refractivity contribution in [1.82, 2.24) is 0 Å². The van der Waals surface area contributed by atoms with Gasteiger partial charge in [-0.1, -0.05) is 67.8 Å². The van der Waals surface area contributed by atoms with Crippen molar-refractivity contribution >= 4 is 23.6 Å². The number of allylic oxidation sites excluding steroid dienone is 2. The molecule has 5 heteroatoms. The van der Waals surface area contributed by atoms with Gasteiger partial charge in [0.2, 0.25) is 11.8 Å². The van der Waals surface area contributed by atoms with Gasteiger partial charge in [0, 0.05) is 5.92 Å². The van der Waals surface area contributed by atoms with Crippen LogP contribution in [-0.2, 0) is 14.3 Å². The van der Waals surface area contributed by atoms with Crippen LogP contribution in [0.4, 0.5) is 5.69 Å². The lowest BCUT2D eigenvalue weighted by Gasteiger charge is -2.31. The predicted molar refractivity (Wildman–Crippen MR) is 141 cm³/mol. The molecule has 3 aliphatic rings. The van der Waals surface area contributed by atoms with E-state index in [0.717, 1.165) is 37.7 Å². The van der Waals surface area contributed by atoms with Gasteiger partial charge in [0.1, 0.15) is 5.75 Å². The maximum Gasteiger partial charge on any atom is 0.238 e. The van der Waals surface area contributed by atoms with Gasteiger partial charge in [-0.05, 0) is 67.5 Å². The van der Waals surface area contributed by atoms with Crippen LogP contribution >= 0.6 is 0 Å². The molecule has 5 nitrogen and oxygen atoms in total. The van der Waals surface area contributed by atoms with Crippen molar-refractivity contribution in [3.63, 3.8) is 0 Å². The molecule has 36 heavy (non-hydrogen) atoms. The molecule has 2 amide bonds. The molecule has 2 heterocycles. The zero-order chi connectivity index (χ0) is 25.2. The van der Waals surface area contributed by atoms with E-state index < -0.39 is 0 Å². The normalized spacial score (nSPS) is 25.9. The molecular weight excluding hydrogens is 450 g/mol. The van der Waals surface area contributed by atoms with Gasteiger partial charge < -0.3 is 9.84 Å². The number of phenolic OH excluding ortho intramolecular Hbond substituents is 1. The van der Waals surface area contributed by atoms with E-state index in [9.17, 15) is 14.7 Å². The van der Waals surface area contributed by atoms with Gasteiger partial charge in [-0.3, -0.25) is 14.5 Å². The molecule has 1 aliphatic carbocycles. The number of hydrogen-bond donors (Lipinski definition) is 1. The molecule has 1 N–H and O–H groups in total. The van der Waals surface area contributed by atoms with Crippen molar-refractivity contribution in [1.29, 1.82) is 0 Å². The van der Waals surface area contributed by atoms with Gasteiger partial charge in [0.15, 0.2) is 0 Å². The minimum Gasteiger partial charge on any atom is -0.508 e. The summed E-state index contributed by atoms with van der Waals surface area (Å²) in [5, 5.41) is 9.84. The van der Waals surface area contributed by atoms with E-state index in [-0.39, 0.29) is 41.4 Å². The smallest absolute Gasteiger partial charge is 0.238 e. The number of para-hydroxylation sites is 1. The summed E-state index contributed by atoms with van der Waals surface area (Å²) in [5.41, 5.74) is 5.59. The van der Waals surface area contributed by atoms with Crippen LogP contribution in [0.5, 0.6) is 5.75 Å². The summed E-state index contributed by atoms with van der Waals surface area (Å²) in [6, 6.07) is 16.7. The molecule has 188 valence electrons. The minimum absolute atomic E-state index is 0.0102. The fraction of sp³-hybridized carbons (Fsp3) is 0.419. The van der Waals surface area contributed by atoms with Crippen LogP contribution in [0, 0.1) is 17.8 Å². The summed E-state index contributed by atoms with van der Waals surface area (Å²) in [6.45, 7) is 4.83. The summed E-state index contributed by atoms with van der Waals surface area (Å²) in [5.74, 6) is -0.497. The van der Waals surface area contributed by atoms with Crippen molar-refractivity contribution in [2.75, 3.05) is 11.5 Å². The summed E-state index contributed by atoms with van der Waals surface area (Å²) in [7, 11) is 0. The first-order chi connectivity index (χ1) is 17.5. The third-order valence-electron chi connectivity index (χ3n) is 7.99. The zero-order valence-electron chi connectivity index (χ0n) is 21.2. The molecule has 5 rings (SSSR count). The van der Waals surface area contributed by atoms with Gasteiger partial charge in [-0.15, -0.1) is 0 Å². The Morgan fingerprint density at radius 3 is 2.56 bits per heavy atom. The number of imide groups is 1. The Morgan fingerprint density at radius 2 is 1.83 bits per heavy atom. The first-order valence-corrected chi connectivity index (χ1v) is 13.3. The van der Waals surface area contributed by atoms with Crippen molar-refractivity contribution in [2.24, 2.45) is 17.8 Å². The molecule has 0 aromatic heterocycles. The van der Waals surface area contributed by atoms with Crippen LogP contribution in [0.2, 0.25) is 0 Å².